The van der Waals surface area contributed by atoms with Crippen LogP contribution < -0.4 is 11.1 Å². The molecule has 1 aromatic heterocycles. The minimum absolute atomic E-state index is 0.0819. The molecule has 2 atom stereocenters. The third-order valence-corrected chi connectivity index (χ3v) is 7.66. The Morgan fingerprint density at radius 1 is 1.38 bits per heavy atom. The number of carbonyl (C=O) groups is 1. The van der Waals surface area contributed by atoms with E-state index in [4.69, 9.17) is 5.73 Å². The molecule has 2 unspecified atom stereocenters. The van der Waals surface area contributed by atoms with Crippen LogP contribution in [-0.2, 0) is 21.4 Å². The minimum Gasteiger partial charge on any atom is -0.353 e. The minimum atomic E-state index is -3.43. The summed E-state index contributed by atoms with van der Waals surface area (Å²) in [7, 11) is -3.43. The zero-order chi connectivity index (χ0) is 15.0. The van der Waals surface area contributed by atoms with Gasteiger partial charge < -0.3 is 11.1 Å². The van der Waals surface area contributed by atoms with Gasteiger partial charge in [-0.3, -0.25) is 4.79 Å². The number of sulfonamides is 1. The van der Waals surface area contributed by atoms with Gasteiger partial charge in [0.05, 0.1) is 0 Å². The highest BCUT2D eigenvalue weighted by Gasteiger charge is 2.38. The number of nitrogens with one attached hydrogen (secondary N) is 1. The van der Waals surface area contributed by atoms with Gasteiger partial charge in [-0.2, -0.15) is 4.31 Å². The number of fused-ring (bicyclic) bond motifs is 1. The van der Waals surface area contributed by atoms with Crippen LogP contribution in [0.2, 0.25) is 0 Å². The molecule has 0 saturated carbocycles. The molecular weight excluding hydrogens is 310 g/mol. The first-order valence-electron chi connectivity index (χ1n) is 7.09. The van der Waals surface area contributed by atoms with Crippen molar-refractivity contribution in [3.63, 3.8) is 0 Å². The Bertz CT molecular complexity index is 641. The van der Waals surface area contributed by atoms with E-state index in [-0.39, 0.29) is 17.9 Å². The second-order valence-electron chi connectivity index (χ2n) is 5.55. The van der Waals surface area contributed by atoms with E-state index in [1.54, 1.807) is 16.4 Å². The molecule has 0 aliphatic carbocycles. The van der Waals surface area contributed by atoms with Crippen molar-refractivity contribution in [1.29, 1.82) is 0 Å². The van der Waals surface area contributed by atoms with Crippen LogP contribution in [0, 0.1) is 5.92 Å². The van der Waals surface area contributed by atoms with Crippen molar-refractivity contribution in [2.24, 2.45) is 11.7 Å². The Balaban J connectivity index is 1.76. The zero-order valence-corrected chi connectivity index (χ0v) is 13.3. The van der Waals surface area contributed by atoms with Crippen molar-refractivity contribution >= 4 is 27.3 Å². The molecular formula is C13H19N3O3S2. The molecule has 0 bridgehead atoms. The van der Waals surface area contributed by atoms with Crippen molar-refractivity contribution < 1.29 is 13.2 Å². The molecule has 2 fully saturated rings. The van der Waals surface area contributed by atoms with Crippen LogP contribution in [0.5, 0.6) is 0 Å². The third-order valence-electron chi connectivity index (χ3n) is 4.22. The molecule has 0 spiro atoms. The maximum absolute atomic E-state index is 12.7. The van der Waals surface area contributed by atoms with Crippen molar-refractivity contribution in [3.8, 4) is 0 Å². The van der Waals surface area contributed by atoms with Crippen LogP contribution in [0.25, 0.3) is 0 Å². The van der Waals surface area contributed by atoms with E-state index in [1.165, 1.54) is 11.3 Å². The predicted molar refractivity (Wildman–Crippen MR) is 80.2 cm³/mol. The van der Waals surface area contributed by atoms with Gasteiger partial charge >= 0.3 is 0 Å². The van der Waals surface area contributed by atoms with Crippen LogP contribution in [-0.4, -0.2) is 37.8 Å². The lowest BCUT2D eigenvalue weighted by molar-refractivity contribution is -0.124. The van der Waals surface area contributed by atoms with E-state index >= 15 is 0 Å². The van der Waals surface area contributed by atoms with Gasteiger partial charge in [0.1, 0.15) is 4.21 Å². The highest BCUT2D eigenvalue weighted by atomic mass is 32.2. The van der Waals surface area contributed by atoms with Gasteiger partial charge in [-0.1, -0.05) is 0 Å². The number of thiophene rings is 1. The Morgan fingerprint density at radius 2 is 2.19 bits per heavy atom. The van der Waals surface area contributed by atoms with Gasteiger partial charge in [0.25, 0.3) is 10.0 Å². The van der Waals surface area contributed by atoms with Crippen LogP contribution >= 0.6 is 11.3 Å². The summed E-state index contributed by atoms with van der Waals surface area (Å²) in [6, 6.07) is 3.53. The first-order chi connectivity index (χ1) is 10.0. The van der Waals surface area contributed by atoms with Crippen molar-refractivity contribution in [1.82, 2.24) is 9.62 Å². The van der Waals surface area contributed by atoms with E-state index in [0.717, 1.165) is 11.3 Å². The number of nitrogens with two attached hydrogens (primary N) is 1. The predicted octanol–water partition coefficient (Wildman–Crippen LogP) is 0.496. The molecule has 1 aromatic rings. The fraction of sp³-hybridized carbons (Fsp3) is 0.615. The van der Waals surface area contributed by atoms with Gasteiger partial charge in [0, 0.05) is 37.0 Å². The highest BCUT2D eigenvalue weighted by molar-refractivity contribution is 7.91. The second-order valence-corrected chi connectivity index (χ2v) is 8.88. The van der Waals surface area contributed by atoms with E-state index < -0.39 is 10.0 Å². The van der Waals surface area contributed by atoms with E-state index in [2.05, 4.69) is 5.32 Å². The number of amides is 1. The van der Waals surface area contributed by atoms with Crippen molar-refractivity contribution in [2.45, 2.75) is 36.1 Å². The lowest BCUT2D eigenvalue weighted by Gasteiger charge is -2.40. The largest absolute Gasteiger partial charge is 0.353 e. The maximum atomic E-state index is 12.7. The normalized spacial score (nSPS) is 27.2. The number of hydrogen-bond acceptors (Lipinski definition) is 5. The molecule has 3 rings (SSSR count). The Labute approximate surface area is 128 Å². The molecule has 0 radical (unpaired) electrons. The molecule has 116 valence electrons. The smallest absolute Gasteiger partial charge is 0.252 e. The van der Waals surface area contributed by atoms with Crippen LogP contribution in [0.1, 0.15) is 24.1 Å². The fourth-order valence-electron chi connectivity index (χ4n) is 3.03. The highest BCUT2D eigenvalue weighted by Crippen LogP contribution is 2.31. The molecule has 2 saturated heterocycles. The zero-order valence-electron chi connectivity index (χ0n) is 11.6. The molecule has 6 nitrogen and oxygen atoms in total. The van der Waals surface area contributed by atoms with Gasteiger partial charge in [-0.15, -0.1) is 11.3 Å². The molecule has 1 amide bonds. The summed E-state index contributed by atoms with van der Waals surface area (Å²) in [6.45, 7) is 1.31. The number of piperidine rings is 2. The Hall–Kier alpha value is -0.960. The summed E-state index contributed by atoms with van der Waals surface area (Å²) < 4.78 is 27.2. The van der Waals surface area contributed by atoms with Gasteiger partial charge in [0.2, 0.25) is 5.91 Å². The molecule has 21 heavy (non-hydrogen) atoms. The average Bonchev–Trinajstić information content (AvgIpc) is 2.96. The summed E-state index contributed by atoms with van der Waals surface area (Å²) >= 11 is 1.24. The van der Waals surface area contributed by atoms with E-state index in [9.17, 15) is 13.2 Å². The summed E-state index contributed by atoms with van der Waals surface area (Å²) in [5, 5.41) is 2.97. The molecule has 3 heterocycles. The number of rotatable bonds is 3. The van der Waals surface area contributed by atoms with Gasteiger partial charge in [-0.05, 0) is 30.9 Å². The lowest BCUT2D eigenvalue weighted by Crippen LogP contribution is -2.54. The fourth-order valence-corrected chi connectivity index (χ4v) is 5.93. The average molecular weight is 329 g/mol. The SMILES string of the molecule is NCc1ccc(S(=O)(=O)N2CCC3NC(=O)CCC3C2)s1. The second kappa shape index (κ2) is 5.68. The number of hydrogen-bond donors (Lipinski definition) is 2. The third kappa shape index (κ3) is 2.85. The summed E-state index contributed by atoms with van der Waals surface area (Å²) in [5.41, 5.74) is 5.55. The molecule has 8 heteroatoms. The number of nitrogens with zero attached hydrogens (tertiary/aromatic N) is 1. The van der Waals surface area contributed by atoms with Crippen molar-refractivity contribution in [3.05, 3.63) is 17.0 Å². The Morgan fingerprint density at radius 3 is 2.90 bits per heavy atom. The van der Waals surface area contributed by atoms with Crippen LogP contribution in [0.3, 0.4) is 0 Å². The van der Waals surface area contributed by atoms with Gasteiger partial charge in [0.15, 0.2) is 0 Å². The van der Waals surface area contributed by atoms with Crippen molar-refractivity contribution in [2.75, 3.05) is 13.1 Å². The first kappa shape index (κ1) is 15.0. The number of carbonyl (C=O) groups excluding carboxylic acids is 1. The molecule has 0 aromatic carbocycles. The summed E-state index contributed by atoms with van der Waals surface area (Å²) in [4.78, 5) is 12.3. The monoisotopic (exact) mass is 329 g/mol. The van der Waals surface area contributed by atoms with Crippen LogP contribution in [0.4, 0.5) is 0 Å². The first-order valence-corrected chi connectivity index (χ1v) is 9.34. The van der Waals surface area contributed by atoms with Crippen LogP contribution in [0.15, 0.2) is 16.3 Å². The molecule has 3 N–H and O–H groups in total. The standard InChI is InChI=1S/C13H19N3O3S2/c14-7-10-2-4-13(20-10)21(18,19)16-6-5-11-9(8-16)1-3-12(17)15-11/h2,4,9,11H,1,3,5-8,14H2,(H,15,17). The quantitative estimate of drug-likeness (QED) is 0.844. The molecule has 2 aliphatic rings. The molecule has 2 aliphatic heterocycles. The Kier molecular flexibility index (Phi) is 4.04. The maximum Gasteiger partial charge on any atom is 0.252 e. The lowest BCUT2D eigenvalue weighted by atomic mass is 9.86. The summed E-state index contributed by atoms with van der Waals surface area (Å²) in [6.07, 6.45) is 1.94. The topological polar surface area (TPSA) is 92.5 Å². The van der Waals surface area contributed by atoms with E-state index in [0.29, 0.717) is 36.7 Å². The van der Waals surface area contributed by atoms with E-state index in [1.807, 2.05) is 0 Å². The summed E-state index contributed by atoms with van der Waals surface area (Å²) in [5.74, 6) is 0.304. The van der Waals surface area contributed by atoms with Gasteiger partial charge in [-0.25, -0.2) is 8.42 Å².